The van der Waals surface area contributed by atoms with Crippen LogP contribution in [0.15, 0.2) is 35.5 Å². The molecule has 1 fully saturated rings. The average Bonchev–Trinajstić information content (AvgIpc) is 3.30. The Morgan fingerprint density at radius 2 is 1.74 bits per heavy atom. The zero-order valence-electron chi connectivity index (χ0n) is 15.8. The van der Waals surface area contributed by atoms with E-state index in [2.05, 4.69) is 15.0 Å². The van der Waals surface area contributed by atoms with Gasteiger partial charge in [-0.15, -0.1) is 0 Å². The highest BCUT2D eigenvalue weighted by Crippen LogP contribution is 2.27. The number of nitrogens with zero attached hydrogens (tertiary/aromatic N) is 5. The molecule has 1 aromatic carbocycles. The molecule has 0 saturated carbocycles. The van der Waals surface area contributed by atoms with Gasteiger partial charge in [-0.2, -0.15) is 4.31 Å². The first-order chi connectivity index (χ1) is 12.9. The molecule has 27 heavy (non-hydrogen) atoms. The number of imidazole rings is 1. The highest BCUT2D eigenvalue weighted by molar-refractivity contribution is 7.89. The summed E-state index contributed by atoms with van der Waals surface area (Å²) in [5.41, 5.74) is 2.33. The second-order valence-electron chi connectivity index (χ2n) is 7.24. The van der Waals surface area contributed by atoms with Crippen LogP contribution in [0.25, 0.3) is 22.4 Å². The van der Waals surface area contributed by atoms with Crippen molar-refractivity contribution in [2.24, 2.45) is 7.05 Å². The van der Waals surface area contributed by atoms with Crippen LogP contribution in [0.5, 0.6) is 0 Å². The van der Waals surface area contributed by atoms with E-state index in [4.69, 9.17) is 0 Å². The number of hydrogen-bond acceptors (Lipinski definition) is 5. The molecule has 0 radical (unpaired) electrons. The Labute approximate surface area is 159 Å². The summed E-state index contributed by atoms with van der Waals surface area (Å²) in [4.78, 5) is 13.8. The predicted molar refractivity (Wildman–Crippen MR) is 104 cm³/mol. The van der Waals surface area contributed by atoms with Crippen LogP contribution in [0.2, 0.25) is 0 Å². The number of rotatable bonds is 4. The van der Waals surface area contributed by atoms with Gasteiger partial charge in [-0.3, -0.25) is 0 Å². The van der Waals surface area contributed by atoms with E-state index in [0.29, 0.717) is 23.5 Å². The van der Waals surface area contributed by atoms with E-state index in [1.165, 1.54) is 0 Å². The first-order valence-corrected chi connectivity index (χ1v) is 10.6. The number of sulfonamides is 1. The Bertz CT molecular complexity index is 1080. The fourth-order valence-electron chi connectivity index (χ4n) is 3.43. The minimum Gasteiger partial charge on any atom is -0.327 e. The fourth-order valence-corrected chi connectivity index (χ4v) is 4.97. The SMILES string of the molecule is CC(C)c1ncc(-c2nc3cc(S(=O)(=O)N4CCCC4)ccc3n2C)cn1. The minimum atomic E-state index is -3.45. The highest BCUT2D eigenvalue weighted by atomic mass is 32.2. The van der Waals surface area contributed by atoms with Gasteiger partial charge in [0.05, 0.1) is 21.5 Å². The average molecular weight is 385 g/mol. The van der Waals surface area contributed by atoms with Crippen molar-refractivity contribution in [3.8, 4) is 11.4 Å². The molecular weight excluding hydrogens is 362 g/mol. The molecule has 3 aromatic rings. The second-order valence-corrected chi connectivity index (χ2v) is 9.18. The zero-order chi connectivity index (χ0) is 19.2. The third-order valence-electron chi connectivity index (χ3n) is 5.00. The topological polar surface area (TPSA) is 81.0 Å². The van der Waals surface area contributed by atoms with Gasteiger partial charge in [0.1, 0.15) is 11.6 Å². The van der Waals surface area contributed by atoms with E-state index in [1.54, 1.807) is 28.8 Å². The molecule has 0 atom stereocenters. The fraction of sp³-hybridized carbons (Fsp3) is 0.421. The van der Waals surface area contributed by atoms with Gasteiger partial charge in [-0.05, 0) is 31.0 Å². The molecule has 0 unspecified atom stereocenters. The van der Waals surface area contributed by atoms with Gasteiger partial charge >= 0.3 is 0 Å². The summed E-state index contributed by atoms with van der Waals surface area (Å²) in [6, 6.07) is 5.15. The summed E-state index contributed by atoms with van der Waals surface area (Å²) in [6.07, 6.45) is 5.38. The normalized spacial score (nSPS) is 15.9. The smallest absolute Gasteiger partial charge is 0.243 e. The number of benzene rings is 1. The lowest BCUT2D eigenvalue weighted by Crippen LogP contribution is -2.27. The van der Waals surface area contributed by atoms with Crippen molar-refractivity contribution in [2.45, 2.75) is 37.5 Å². The molecule has 0 amide bonds. The van der Waals surface area contributed by atoms with Crippen LogP contribution in [0.4, 0.5) is 0 Å². The molecule has 0 N–H and O–H groups in total. The van der Waals surface area contributed by atoms with Crippen molar-refractivity contribution in [3.63, 3.8) is 0 Å². The summed E-state index contributed by atoms with van der Waals surface area (Å²) in [6.45, 7) is 5.28. The summed E-state index contributed by atoms with van der Waals surface area (Å²) in [7, 11) is -1.54. The Balaban J connectivity index is 1.75. The van der Waals surface area contributed by atoms with Gasteiger partial charge in [-0.25, -0.2) is 23.4 Å². The zero-order valence-corrected chi connectivity index (χ0v) is 16.6. The number of aryl methyl sites for hydroxylation is 1. The lowest BCUT2D eigenvalue weighted by atomic mass is 10.2. The van der Waals surface area contributed by atoms with Crippen LogP contribution < -0.4 is 0 Å². The monoisotopic (exact) mass is 385 g/mol. The molecular formula is C19H23N5O2S. The maximum atomic E-state index is 12.8. The summed E-state index contributed by atoms with van der Waals surface area (Å²) in [5, 5.41) is 0. The Morgan fingerprint density at radius 3 is 2.37 bits per heavy atom. The second kappa shape index (κ2) is 6.69. The Hall–Kier alpha value is -2.32. The Kier molecular flexibility index (Phi) is 4.47. The first-order valence-electron chi connectivity index (χ1n) is 9.17. The van der Waals surface area contributed by atoms with Gasteiger partial charge in [0, 0.05) is 38.4 Å². The van der Waals surface area contributed by atoms with Crippen molar-refractivity contribution >= 4 is 21.1 Å². The molecule has 1 saturated heterocycles. The van der Waals surface area contributed by atoms with Gasteiger partial charge in [0.25, 0.3) is 0 Å². The molecule has 0 aliphatic carbocycles. The van der Waals surface area contributed by atoms with Crippen molar-refractivity contribution in [1.29, 1.82) is 0 Å². The van der Waals surface area contributed by atoms with Crippen LogP contribution in [-0.4, -0.2) is 45.3 Å². The van der Waals surface area contributed by atoms with E-state index in [1.807, 2.05) is 31.5 Å². The van der Waals surface area contributed by atoms with Gasteiger partial charge in [-0.1, -0.05) is 13.8 Å². The van der Waals surface area contributed by atoms with Gasteiger partial charge in [0.2, 0.25) is 10.0 Å². The predicted octanol–water partition coefficient (Wildman–Crippen LogP) is 2.94. The molecule has 1 aliphatic heterocycles. The lowest BCUT2D eigenvalue weighted by molar-refractivity contribution is 0.477. The van der Waals surface area contributed by atoms with Crippen LogP contribution in [-0.2, 0) is 17.1 Å². The summed E-state index contributed by atoms with van der Waals surface area (Å²) in [5.74, 6) is 1.77. The van der Waals surface area contributed by atoms with Crippen molar-refractivity contribution in [2.75, 3.05) is 13.1 Å². The molecule has 0 spiro atoms. The molecule has 3 heterocycles. The maximum Gasteiger partial charge on any atom is 0.243 e. The van der Waals surface area contributed by atoms with Crippen molar-refractivity contribution in [3.05, 3.63) is 36.4 Å². The summed E-state index contributed by atoms with van der Waals surface area (Å²) < 4.78 is 29.1. The minimum absolute atomic E-state index is 0.262. The molecule has 2 aromatic heterocycles. The third kappa shape index (κ3) is 3.12. The number of fused-ring (bicyclic) bond motifs is 1. The molecule has 1 aliphatic rings. The molecule has 7 nitrogen and oxygen atoms in total. The Morgan fingerprint density at radius 1 is 1.07 bits per heavy atom. The van der Waals surface area contributed by atoms with Crippen molar-refractivity contribution in [1.82, 2.24) is 23.8 Å². The maximum absolute atomic E-state index is 12.8. The molecule has 142 valence electrons. The van der Waals surface area contributed by atoms with Crippen LogP contribution >= 0.6 is 0 Å². The van der Waals surface area contributed by atoms with Gasteiger partial charge in [0.15, 0.2) is 0 Å². The quantitative estimate of drug-likeness (QED) is 0.690. The third-order valence-corrected chi connectivity index (χ3v) is 6.90. The van der Waals surface area contributed by atoms with Crippen molar-refractivity contribution < 1.29 is 8.42 Å². The van der Waals surface area contributed by atoms with E-state index in [-0.39, 0.29) is 5.92 Å². The highest BCUT2D eigenvalue weighted by Gasteiger charge is 2.27. The summed E-state index contributed by atoms with van der Waals surface area (Å²) >= 11 is 0. The van der Waals surface area contributed by atoms with E-state index >= 15 is 0 Å². The molecule has 4 rings (SSSR count). The van der Waals surface area contributed by atoms with Crippen LogP contribution in [0.3, 0.4) is 0 Å². The largest absolute Gasteiger partial charge is 0.327 e. The molecule has 0 bridgehead atoms. The van der Waals surface area contributed by atoms with E-state index < -0.39 is 10.0 Å². The van der Waals surface area contributed by atoms with Gasteiger partial charge < -0.3 is 4.57 Å². The molecule has 8 heteroatoms. The van der Waals surface area contributed by atoms with E-state index in [9.17, 15) is 8.42 Å². The van der Waals surface area contributed by atoms with E-state index in [0.717, 1.165) is 35.6 Å². The van der Waals surface area contributed by atoms with Crippen LogP contribution in [0, 0.1) is 0 Å². The lowest BCUT2D eigenvalue weighted by Gasteiger charge is -2.15. The number of hydrogen-bond donors (Lipinski definition) is 0. The first kappa shape index (κ1) is 18.1. The number of aromatic nitrogens is 4. The standard InChI is InChI=1S/C19H23N5O2S/c1-13(2)18-20-11-14(12-21-18)19-22-16-10-15(6-7-17(16)23(19)3)27(25,26)24-8-4-5-9-24/h6-7,10-13H,4-5,8-9H2,1-3H3. The van der Waals surface area contributed by atoms with Crippen LogP contribution in [0.1, 0.15) is 38.4 Å².